The molecule has 10 nitrogen and oxygen atoms in total. The lowest BCUT2D eigenvalue weighted by Crippen LogP contribution is -2.63. The smallest absolute Gasteiger partial charge is 0.255 e. The zero-order valence-electron chi connectivity index (χ0n) is 22.9. The molecule has 0 saturated carbocycles. The van der Waals surface area contributed by atoms with E-state index in [1.807, 2.05) is 14.0 Å². The van der Waals surface area contributed by atoms with E-state index >= 15 is 0 Å². The number of allylic oxidation sites excluding steroid dienone is 1. The average Bonchev–Trinajstić information content (AvgIpc) is 2.82. The van der Waals surface area contributed by atoms with Gasteiger partial charge in [-0.1, -0.05) is 25.4 Å². The van der Waals surface area contributed by atoms with Gasteiger partial charge < -0.3 is 26.2 Å². The number of nitrogens with two attached hydrogens (primary N) is 1. The van der Waals surface area contributed by atoms with Gasteiger partial charge in [0.2, 0.25) is 5.78 Å². The van der Waals surface area contributed by atoms with Gasteiger partial charge in [-0.25, -0.2) is 0 Å². The van der Waals surface area contributed by atoms with Crippen molar-refractivity contribution in [1.29, 1.82) is 0 Å². The number of phenols is 1. The predicted molar refractivity (Wildman–Crippen MR) is 145 cm³/mol. The number of aliphatic hydroxyl groups is 3. The van der Waals surface area contributed by atoms with Crippen molar-refractivity contribution >= 4 is 29.1 Å². The van der Waals surface area contributed by atoms with Crippen molar-refractivity contribution in [2.75, 3.05) is 27.7 Å². The zero-order valence-corrected chi connectivity index (χ0v) is 23.7. The number of nitrogens with zero attached hydrogens (tertiary/aromatic N) is 2. The fourth-order valence-corrected chi connectivity index (χ4v) is 6.98. The number of phenolic OH excluding ortho intramolecular Hbond substituents is 1. The number of amides is 1. The second-order valence-corrected chi connectivity index (χ2v) is 12.0. The van der Waals surface area contributed by atoms with E-state index in [4.69, 9.17) is 17.3 Å². The van der Waals surface area contributed by atoms with E-state index in [1.165, 1.54) is 11.0 Å². The summed E-state index contributed by atoms with van der Waals surface area (Å²) in [7, 11) is 5.12. The molecule has 0 radical (unpaired) electrons. The summed E-state index contributed by atoms with van der Waals surface area (Å²) < 4.78 is 0. The Kier molecular flexibility index (Phi) is 7.40. The fourth-order valence-electron chi connectivity index (χ4n) is 6.59. The Hall–Kier alpha value is -2.92. The van der Waals surface area contributed by atoms with Crippen LogP contribution >= 0.6 is 11.6 Å². The largest absolute Gasteiger partial charge is 0.510 e. The monoisotopic (exact) mass is 561 g/mol. The molecule has 3 aliphatic carbocycles. The fraction of sp³-hybridized carbons (Fsp3) is 0.536. The van der Waals surface area contributed by atoms with E-state index in [-0.39, 0.29) is 35.8 Å². The van der Waals surface area contributed by atoms with Crippen LogP contribution in [0.1, 0.15) is 54.7 Å². The quantitative estimate of drug-likeness (QED) is 0.328. The van der Waals surface area contributed by atoms with Gasteiger partial charge in [-0.05, 0) is 69.9 Å². The van der Waals surface area contributed by atoms with Crippen LogP contribution in [-0.4, -0.2) is 87.0 Å². The number of halogens is 1. The summed E-state index contributed by atoms with van der Waals surface area (Å²) in [6.45, 7) is 6.92. The maximum atomic E-state index is 13.8. The highest BCUT2D eigenvalue weighted by atomic mass is 35.5. The van der Waals surface area contributed by atoms with Crippen molar-refractivity contribution in [3.8, 4) is 5.75 Å². The topological polar surface area (TPSA) is 165 Å². The molecule has 39 heavy (non-hydrogen) atoms. The van der Waals surface area contributed by atoms with E-state index in [0.29, 0.717) is 22.1 Å². The van der Waals surface area contributed by atoms with Gasteiger partial charge in [0.05, 0.1) is 11.6 Å². The molecular formula is C28H36ClN3O7. The van der Waals surface area contributed by atoms with E-state index < -0.39 is 58.0 Å². The minimum Gasteiger partial charge on any atom is -0.510 e. The number of fused-ring (bicyclic) bond motifs is 3. The highest BCUT2D eigenvalue weighted by Gasteiger charge is 2.63. The summed E-state index contributed by atoms with van der Waals surface area (Å²) >= 11 is 6.87. The van der Waals surface area contributed by atoms with Crippen LogP contribution in [0.5, 0.6) is 5.75 Å². The number of aliphatic hydroxyl groups excluding tert-OH is 2. The standard InChI is InChI=1S/C28H36ClN3O7/c1-11(2)10-32(6)12(3)14-9-17(33)19-15(21(14)29)7-13-8-16-22(31(4)5)24(35)20(27(30)38)26(37)28(16,39)25(36)18(13)23(19)34/h9,11-13,16,22,33,35-36,39H,7-8,10H2,1-6H3,(H2,30,38)/t12-,13-,16-,22-,28-/m0/s1. The van der Waals surface area contributed by atoms with E-state index in [9.17, 15) is 34.8 Å². The highest BCUT2D eigenvalue weighted by Crippen LogP contribution is 2.53. The van der Waals surface area contributed by atoms with Gasteiger partial charge in [0, 0.05) is 29.1 Å². The normalized spacial score (nSPS) is 27.7. The van der Waals surface area contributed by atoms with Crippen LogP contribution in [0.2, 0.25) is 5.02 Å². The molecule has 6 N–H and O–H groups in total. The minimum atomic E-state index is -2.67. The lowest BCUT2D eigenvalue weighted by atomic mass is 9.58. The summed E-state index contributed by atoms with van der Waals surface area (Å²) in [5.41, 5.74) is 2.63. The number of ketones is 2. The van der Waals surface area contributed by atoms with E-state index in [1.54, 1.807) is 14.1 Å². The van der Waals surface area contributed by atoms with Crippen molar-refractivity contribution in [3.63, 3.8) is 0 Å². The minimum absolute atomic E-state index is 0.00981. The first kappa shape index (κ1) is 29.1. The molecule has 5 atom stereocenters. The Morgan fingerprint density at radius 2 is 1.79 bits per heavy atom. The Bertz CT molecular complexity index is 1330. The number of likely N-dealkylation sites (N-methyl/N-ethyl adjacent to an activating group) is 1. The molecule has 1 aromatic carbocycles. The number of Topliss-reactive ketones (excluding diaryl/α,β-unsaturated/α-hetero) is 2. The van der Waals surface area contributed by atoms with Crippen LogP contribution in [0.4, 0.5) is 0 Å². The molecular weight excluding hydrogens is 526 g/mol. The Balaban J connectivity index is 1.88. The van der Waals surface area contributed by atoms with Crippen molar-refractivity contribution in [2.24, 2.45) is 23.5 Å². The molecule has 0 fully saturated rings. The SMILES string of the molecule is CC(C)CN(C)[C@@H](C)c1cc(O)c2c(c1Cl)C[C@H]1C[C@H]3[C@H](N(C)C)C(O)=C(C(N)=O)C(=O)[C@@]3(O)C(O)=C1C2=O. The molecule has 0 aromatic heterocycles. The first-order chi connectivity index (χ1) is 18.0. The van der Waals surface area contributed by atoms with Crippen LogP contribution in [0.3, 0.4) is 0 Å². The molecule has 0 aliphatic heterocycles. The summed E-state index contributed by atoms with van der Waals surface area (Å²) in [4.78, 5) is 42.8. The van der Waals surface area contributed by atoms with Crippen molar-refractivity contribution in [2.45, 2.75) is 51.3 Å². The molecule has 3 aliphatic rings. The third-order valence-electron chi connectivity index (χ3n) is 8.45. The lowest BCUT2D eigenvalue weighted by Gasteiger charge is -2.50. The van der Waals surface area contributed by atoms with Crippen LogP contribution < -0.4 is 5.73 Å². The number of hydrogen-bond acceptors (Lipinski definition) is 9. The van der Waals surface area contributed by atoms with Crippen LogP contribution in [0, 0.1) is 17.8 Å². The number of rotatable bonds is 6. The molecule has 0 spiro atoms. The van der Waals surface area contributed by atoms with Gasteiger partial charge in [-0.2, -0.15) is 0 Å². The van der Waals surface area contributed by atoms with Gasteiger partial charge >= 0.3 is 0 Å². The molecule has 1 amide bonds. The van der Waals surface area contributed by atoms with Crippen molar-refractivity contribution < 1.29 is 34.8 Å². The number of aromatic hydroxyl groups is 1. The van der Waals surface area contributed by atoms with Gasteiger partial charge in [0.1, 0.15) is 22.8 Å². The molecule has 1 aromatic rings. The van der Waals surface area contributed by atoms with Crippen molar-refractivity contribution in [3.05, 3.63) is 50.4 Å². The second-order valence-electron chi connectivity index (χ2n) is 11.6. The van der Waals surface area contributed by atoms with Gasteiger partial charge in [-0.15, -0.1) is 0 Å². The molecule has 0 bridgehead atoms. The zero-order chi connectivity index (χ0) is 29.3. The molecule has 212 valence electrons. The first-order valence-corrected chi connectivity index (χ1v) is 13.3. The Morgan fingerprint density at radius 3 is 2.33 bits per heavy atom. The van der Waals surface area contributed by atoms with Gasteiger partial charge in [0.25, 0.3) is 5.91 Å². The highest BCUT2D eigenvalue weighted by molar-refractivity contribution is 6.33. The van der Waals surface area contributed by atoms with E-state index in [0.717, 1.165) is 6.54 Å². The van der Waals surface area contributed by atoms with Crippen LogP contribution in [0.15, 0.2) is 28.7 Å². The molecule has 4 rings (SSSR count). The molecule has 0 heterocycles. The first-order valence-electron chi connectivity index (χ1n) is 12.9. The molecule has 0 unspecified atom stereocenters. The van der Waals surface area contributed by atoms with Gasteiger partial charge in [-0.3, -0.25) is 24.2 Å². The number of primary amides is 1. The lowest BCUT2D eigenvalue weighted by molar-refractivity contribution is -0.148. The van der Waals surface area contributed by atoms with E-state index in [2.05, 4.69) is 18.7 Å². The predicted octanol–water partition coefficient (Wildman–Crippen LogP) is 2.42. The second kappa shape index (κ2) is 9.92. The summed E-state index contributed by atoms with van der Waals surface area (Å²) in [5, 5.41) is 45.2. The maximum absolute atomic E-state index is 13.8. The number of carbonyl (C=O) groups excluding carboxylic acids is 3. The molecule has 11 heteroatoms. The van der Waals surface area contributed by atoms with Gasteiger partial charge in [0.15, 0.2) is 11.4 Å². The average molecular weight is 562 g/mol. The molecule has 0 saturated heterocycles. The number of carbonyl (C=O) groups is 3. The number of benzene rings is 1. The van der Waals surface area contributed by atoms with Crippen LogP contribution in [0.25, 0.3) is 0 Å². The third kappa shape index (κ3) is 4.25. The maximum Gasteiger partial charge on any atom is 0.255 e. The summed E-state index contributed by atoms with van der Waals surface area (Å²) in [5.74, 6) is -6.47. The summed E-state index contributed by atoms with van der Waals surface area (Å²) in [6, 6.07) is 0.227. The van der Waals surface area contributed by atoms with Crippen LogP contribution in [-0.2, 0) is 16.0 Å². The number of hydrogen-bond donors (Lipinski definition) is 5. The Labute approximate surface area is 232 Å². The Morgan fingerprint density at radius 1 is 1.18 bits per heavy atom. The van der Waals surface area contributed by atoms with Crippen molar-refractivity contribution in [1.82, 2.24) is 9.80 Å². The third-order valence-corrected chi connectivity index (χ3v) is 8.89. The summed E-state index contributed by atoms with van der Waals surface area (Å²) in [6.07, 6.45) is 0.158.